The van der Waals surface area contributed by atoms with Gasteiger partial charge in [0, 0.05) is 6.54 Å². The molecule has 1 rings (SSSR count). The molecule has 0 aromatic heterocycles. The molecule has 0 radical (unpaired) electrons. The molecule has 0 bridgehead atoms. The van der Waals surface area contributed by atoms with E-state index in [1.807, 2.05) is 20.8 Å². The second-order valence-electron chi connectivity index (χ2n) is 5.07. The van der Waals surface area contributed by atoms with Crippen molar-refractivity contribution in [1.82, 2.24) is 5.32 Å². The van der Waals surface area contributed by atoms with E-state index in [1.54, 1.807) is 24.3 Å². The number of benzene rings is 1. The lowest BCUT2D eigenvalue weighted by Crippen LogP contribution is -2.39. The molecule has 4 heteroatoms. The van der Waals surface area contributed by atoms with Gasteiger partial charge in [-0.3, -0.25) is 4.79 Å². The first kappa shape index (κ1) is 14.0. The molecule has 0 aliphatic rings. The van der Waals surface area contributed by atoms with Gasteiger partial charge in [-0.05, 0) is 17.5 Å². The Kier molecular flexibility index (Phi) is 4.54. The SMILES string of the molecule is CC(C)(C)C(O)CNC(=O)c1ccccc1Cl. The average Bonchev–Trinajstić information content (AvgIpc) is 2.24. The highest BCUT2D eigenvalue weighted by Gasteiger charge is 2.22. The third kappa shape index (κ3) is 4.02. The summed E-state index contributed by atoms with van der Waals surface area (Å²) in [7, 11) is 0. The Morgan fingerprint density at radius 2 is 2.00 bits per heavy atom. The third-order valence-corrected chi connectivity index (χ3v) is 2.90. The number of rotatable bonds is 3. The zero-order valence-corrected chi connectivity index (χ0v) is 11.1. The van der Waals surface area contributed by atoms with E-state index in [0.717, 1.165) is 0 Å². The lowest BCUT2D eigenvalue weighted by molar-refractivity contribution is 0.0587. The molecular weight excluding hydrogens is 238 g/mol. The van der Waals surface area contributed by atoms with Crippen molar-refractivity contribution < 1.29 is 9.90 Å². The molecule has 0 fully saturated rings. The van der Waals surface area contributed by atoms with E-state index in [9.17, 15) is 9.90 Å². The van der Waals surface area contributed by atoms with Crippen molar-refractivity contribution >= 4 is 17.5 Å². The summed E-state index contributed by atoms with van der Waals surface area (Å²) in [6.07, 6.45) is -0.589. The van der Waals surface area contributed by atoms with Gasteiger partial charge in [-0.15, -0.1) is 0 Å². The molecule has 17 heavy (non-hydrogen) atoms. The maximum Gasteiger partial charge on any atom is 0.252 e. The van der Waals surface area contributed by atoms with Gasteiger partial charge in [0.15, 0.2) is 0 Å². The number of carbonyl (C=O) groups excluding carboxylic acids is 1. The molecule has 1 aromatic carbocycles. The summed E-state index contributed by atoms with van der Waals surface area (Å²) in [5, 5.41) is 12.9. The van der Waals surface area contributed by atoms with Crippen LogP contribution in [0.3, 0.4) is 0 Å². The highest BCUT2D eigenvalue weighted by atomic mass is 35.5. The van der Waals surface area contributed by atoms with Crippen LogP contribution in [0.1, 0.15) is 31.1 Å². The minimum Gasteiger partial charge on any atom is -0.391 e. The molecular formula is C13H18ClNO2. The highest BCUT2D eigenvalue weighted by molar-refractivity contribution is 6.33. The molecule has 1 unspecified atom stereocenters. The van der Waals surface area contributed by atoms with Crippen LogP contribution in [0.2, 0.25) is 5.02 Å². The maximum atomic E-state index is 11.8. The van der Waals surface area contributed by atoms with E-state index in [-0.39, 0.29) is 17.9 Å². The molecule has 0 aliphatic carbocycles. The van der Waals surface area contributed by atoms with Crippen LogP contribution in [0.4, 0.5) is 0 Å². The van der Waals surface area contributed by atoms with Gasteiger partial charge >= 0.3 is 0 Å². The first-order valence-electron chi connectivity index (χ1n) is 5.53. The number of hydrogen-bond acceptors (Lipinski definition) is 2. The van der Waals surface area contributed by atoms with Crippen LogP contribution >= 0.6 is 11.6 Å². The predicted octanol–water partition coefficient (Wildman–Crippen LogP) is 2.48. The number of halogens is 1. The largest absolute Gasteiger partial charge is 0.391 e. The van der Waals surface area contributed by atoms with Crippen LogP contribution in [0.25, 0.3) is 0 Å². The topological polar surface area (TPSA) is 49.3 Å². The van der Waals surface area contributed by atoms with Crippen molar-refractivity contribution in [2.75, 3.05) is 6.54 Å². The number of amides is 1. The fraction of sp³-hybridized carbons (Fsp3) is 0.462. The molecule has 0 saturated heterocycles. The summed E-state index contributed by atoms with van der Waals surface area (Å²) in [4.78, 5) is 11.8. The van der Waals surface area contributed by atoms with Crippen molar-refractivity contribution in [2.45, 2.75) is 26.9 Å². The van der Waals surface area contributed by atoms with Crippen LogP contribution in [0.5, 0.6) is 0 Å². The van der Waals surface area contributed by atoms with E-state index in [4.69, 9.17) is 11.6 Å². The van der Waals surface area contributed by atoms with Gasteiger partial charge in [0.1, 0.15) is 0 Å². The van der Waals surface area contributed by atoms with E-state index >= 15 is 0 Å². The Labute approximate surface area is 107 Å². The Bertz CT molecular complexity index is 399. The summed E-state index contributed by atoms with van der Waals surface area (Å²) in [5.74, 6) is -0.265. The van der Waals surface area contributed by atoms with Crippen LogP contribution in [0, 0.1) is 5.41 Å². The maximum absolute atomic E-state index is 11.8. The van der Waals surface area contributed by atoms with Crippen molar-refractivity contribution in [2.24, 2.45) is 5.41 Å². The van der Waals surface area contributed by atoms with Crippen LogP contribution in [-0.2, 0) is 0 Å². The number of aliphatic hydroxyl groups is 1. The van der Waals surface area contributed by atoms with Gasteiger partial charge in [-0.2, -0.15) is 0 Å². The molecule has 0 spiro atoms. The molecule has 2 N–H and O–H groups in total. The summed E-state index contributed by atoms with van der Waals surface area (Å²) < 4.78 is 0. The quantitative estimate of drug-likeness (QED) is 0.872. The second-order valence-corrected chi connectivity index (χ2v) is 5.48. The minimum absolute atomic E-state index is 0.216. The molecule has 0 saturated carbocycles. The fourth-order valence-corrected chi connectivity index (χ4v) is 1.46. The monoisotopic (exact) mass is 255 g/mol. The number of hydrogen-bond donors (Lipinski definition) is 2. The van der Waals surface area contributed by atoms with E-state index < -0.39 is 6.10 Å². The Morgan fingerprint density at radius 3 is 2.53 bits per heavy atom. The summed E-state index contributed by atoms with van der Waals surface area (Å²) >= 11 is 5.90. The smallest absolute Gasteiger partial charge is 0.252 e. The molecule has 0 heterocycles. The minimum atomic E-state index is -0.589. The molecule has 94 valence electrons. The Hall–Kier alpha value is -1.06. The van der Waals surface area contributed by atoms with Crippen LogP contribution in [0.15, 0.2) is 24.3 Å². The summed E-state index contributed by atoms with van der Waals surface area (Å²) in [6.45, 7) is 5.96. The van der Waals surface area contributed by atoms with Gasteiger partial charge in [0.2, 0.25) is 0 Å². The van der Waals surface area contributed by atoms with Crippen molar-refractivity contribution in [3.8, 4) is 0 Å². The van der Waals surface area contributed by atoms with E-state index in [0.29, 0.717) is 10.6 Å². The van der Waals surface area contributed by atoms with Crippen LogP contribution in [-0.4, -0.2) is 23.7 Å². The first-order chi connectivity index (χ1) is 7.82. The van der Waals surface area contributed by atoms with Gasteiger partial charge in [-0.25, -0.2) is 0 Å². The standard InChI is InChI=1S/C13H18ClNO2/c1-13(2,3)11(16)8-15-12(17)9-6-4-5-7-10(9)14/h4-7,11,16H,8H2,1-3H3,(H,15,17). The second kappa shape index (κ2) is 5.52. The lowest BCUT2D eigenvalue weighted by atomic mass is 9.89. The van der Waals surface area contributed by atoms with E-state index in [1.165, 1.54) is 0 Å². The Morgan fingerprint density at radius 1 is 1.41 bits per heavy atom. The number of carbonyl (C=O) groups is 1. The average molecular weight is 256 g/mol. The normalized spacial score (nSPS) is 13.2. The predicted molar refractivity (Wildman–Crippen MR) is 69.2 cm³/mol. The molecule has 1 atom stereocenters. The van der Waals surface area contributed by atoms with Gasteiger partial charge in [0.25, 0.3) is 5.91 Å². The highest BCUT2D eigenvalue weighted by Crippen LogP contribution is 2.19. The fourth-order valence-electron chi connectivity index (χ4n) is 1.24. The Balaban J connectivity index is 2.60. The zero-order chi connectivity index (χ0) is 13.1. The molecule has 1 amide bonds. The van der Waals surface area contributed by atoms with Crippen LogP contribution < -0.4 is 5.32 Å². The summed E-state index contributed by atoms with van der Waals surface area (Å²) in [6, 6.07) is 6.84. The zero-order valence-electron chi connectivity index (χ0n) is 10.3. The molecule has 3 nitrogen and oxygen atoms in total. The van der Waals surface area contributed by atoms with Gasteiger partial charge in [-0.1, -0.05) is 44.5 Å². The van der Waals surface area contributed by atoms with Gasteiger partial charge in [0.05, 0.1) is 16.7 Å². The van der Waals surface area contributed by atoms with Gasteiger partial charge < -0.3 is 10.4 Å². The third-order valence-electron chi connectivity index (χ3n) is 2.57. The molecule has 0 aliphatic heterocycles. The first-order valence-corrected chi connectivity index (χ1v) is 5.91. The van der Waals surface area contributed by atoms with E-state index in [2.05, 4.69) is 5.32 Å². The molecule has 1 aromatic rings. The lowest BCUT2D eigenvalue weighted by Gasteiger charge is -2.25. The number of aliphatic hydroxyl groups excluding tert-OH is 1. The summed E-state index contributed by atoms with van der Waals surface area (Å²) in [5.41, 5.74) is 0.170. The van der Waals surface area contributed by atoms with Crippen molar-refractivity contribution in [3.63, 3.8) is 0 Å². The number of nitrogens with one attached hydrogen (secondary N) is 1. The van der Waals surface area contributed by atoms with Crippen molar-refractivity contribution in [1.29, 1.82) is 0 Å². The van der Waals surface area contributed by atoms with Crippen molar-refractivity contribution in [3.05, 3.63) is 34.9 Å².